The van der Waals surface area contributed by atoms with Crippen LogP contribution >= 0.6 is 0 Å². The van der Waals surface area contributed by atoms with Gasteiger partial charge >= 0.3 is 0 Å². The van der Waals surface area contributed by atoms with Crippen molar-refractivity contribution < 1.29 is 8.78 Å². The smallest absolute Gasteiger partial charge is 0.205 e. The van der Waals surface area contributed by atoms with E-state index in [1.807, 2.05) is 6.92 Å². The number of hydrogen-bond acceptors (Lipinski definition) is 2. The van der Waals surface area contributed by atoms with E-state index >= 15 is 0 Å². The van der Waals surface area contributed by atoms with Crippen LogP contribution in [0.4, 0.5) is 14.7 Å². The Kier molecular flexibility index (Phi) is 2.71. The van der Waals surface area contributed by atoms with Gasteiger partial charge < -0.3 is 5.73 Å². The minimum atomic E-state index is -0.356. The van der Waals surface area contributed by atoms with Crippen LogP contribution in [0.5, 0.6) is 0 Å². The Bertz CT molecular complexity index is 822. The second-order valence-corrected chi connectivity index (χ2v) is 4.83. The third kappa shape index (κ3) is 1.82. The maximum Gasteiger partial charge on any atom is 0.205 e. The molecule has 0 spiro atoms. The maximum atomic E-state index is 13.6. The van der Waals surface area contributed by atoms with Gasteiger partial charge in [0.25, 0.3) is 0 Å². The molecule has 20 heavy (non-hydrogen) atoms. The fourth-order valence-corrected chi connectivity index (χ4v) is 2.30. The third-order valence-electron chi connectivity index (χ3n) is 3.37. The molecule has 2 aromatic carbocycles. The number of anilines is 1. The van der Waals surface area contributed by atoms with Crippen LogP contribution in [0, 0.1) is 25.5 Å². The standard InChI is InChI=1S/C15H13F2N3/c1-8-3-4-10(16)6-13(8)20-14-5-9(2)11(17)7-12(14)19-15(20)18/h3-7H,1-2H3,(H2,18,19). The molecule has 0 unspecified atom stereocenters. The molecule has 0 aliphatic rings. The van der Waals surface area contributed by atoms with E-state index in [2.05, 4.69) is 4.98 Å². The van der Waals surface area contributed by atoms with Gasteiger partial charge in [-0.15, -0.1) is 0 Å². The van der Waals surface area contributed by atoms with Crippen LogP contribution in [0.2, 0.25) is 0 Å². The fraction of sp³-hybridized carbons (Fsp3) is 0.133. The molecular formula is C15H13F2N3. The van der Waals surface area contributed by atoms with Crippen molar-refractivity contribution in [2.75, 3.05) is 5.73 Å². The summed E-state index contributed by atoms with van der Waals surface area (Å²) >= 11 is 0. The Morgan fingerprint density at radius 3 is 2.55 bits per heavy atom. The molecule has 0 amide bonds. The van der Waals surface area contributed by atoms with E-state index in [4.69, 9.17) is 5.73 Å². The van der Waals surface area contributed by atoms with Crippen LogP contribution in [0.1, 0.15) is 11.1 Å². The van der Waals surface area contributed by atoms with Gasteiger partial charge in [0.15, 0.2) is 0 Å². The topological polar surface area (TPSA) is 43.8 Å². The van der Waals surface area contributed by atoms with Gasteiger partial charge in [-0.25, -0.2) is 13.8 Å². The highest BCUT2D eigenvalue weighted by Gasteiger charge is 2.14. The Labute approximate surface area is 114 Å². The van der Waals surface area contributed by atoms with Crippen LogP contribution in [-0.4, -0.2) is 9.55 Å². The summed E-state index contributed by atoms with van der Waals surface area (Å²) in [5.41, 5.74) is 8.99. The number of fused-ring (bicyclic) bond motifs is 1. The zero-order valence-corrected chi connectivity index (χ0v) is 11.1. The zero-order valence-electron chi connectivity index (χ0n) is 11.1. The monoisotopic (exact) mass is 273 g/mol. The van der Waals surface area contributed by atoms with Crippen molar-refractivity contribution in [2.45, 2.75) is 13.8 Å². The molecule has 1 heterocycles. The molecule has 102 valence electrons. The van der Waals surface area contributed by atoms with Gasteiger partial charge in [-0.2, -0.15) is 0 Å². The van der Waals surface area contributed by atoms with Crippen LogP contribution in [0.15, 0.2) is 30.3 Å². The Balaban J connectivity index is 2.38. The van der Waals surface area contributed by atoms with E-state index in [0.717, 1.165) is 5.56 Å². The van der Waals surface area contributed by atoms with Crippen molar-refractivity contribution in [3.63, 3.8) is 0 Å². The van der Waals surface area contributed by atoms with E-state index < -0.39 is 0 Å². The number of aromatic nitrogens is 2. The van der Waals surface area contributed by atoms with Crippen molar-refractivity contribution in [3.05, 3.63) is 53.1 Å². The zero-order chi connectivity index (χ0) is 14.4. The van der Waals surface area contributed by atoms with Crippen LogP contribution in [0.25, 0.3) is 16.7 Å². The van der Waals surface area contributed by atoms with E-state index in [-0.39, 0.29) is 17.6 Å². The van der Waals surface area contributed by atoms with Gasteiger partial charge in [-0.3, -0.25) is 4.57 Å². The number of nitrogens with zero attached hydrogens (tertiary/aromatic N) is 2. The first-order valence-corrected chi connectivity index (χ1v) is 6.18. The largest absolute Gasteiger partial charge is 0.369 e. The molecule has 0 saturated carbocycles. The molecule has 3 aromatic rings. The highest BCUT2D eigenvalue weighted by molar-refractivity contribution is 5.82. The normalized spacial score (nSPS) is 11.2. The van der Waals surface area contributed by atoms with Crippen LogP contribution in [-0.2, 0) is 0 Å². The second-order valence-electron chi connectivity index (χ2n) is 4.83. The summed E-state index contributed by atoms with van der Waals surface area (Å²) in [5.74, 6) is -0.484. The SMILES string of the molecule is Cc1cc2c(cc1F)nc(N)n2-c1cc(F)ccc1C. The summed E-state index contributed by atoms with van der Waals surface area (Å²) in [6, 6.07) is 7.46. The number of aryl methyl sites for hydroxylation is 2. The average Bonchev–Trinajstić information content (AvgIpc) is 2.69. The van der Waals surface area contributed by atoms with Crippen molar-refractivity contribution in [1.29, 1.82) is 0 Å². The second kappa shape index (κ2) is 4.30. The van der Waals surface area contributed by atoms with Gasteiger partial charge in [-0.1, -0.05) is 6.07 Å². The van der Waals surface area contributed by atoms with E-state index in [1.54, 1.807) is 23.6 Å². The van der Waals surface area contributed by atoms with Crippen molar-refractivity contribution in [2.24, 2.45) is 0 Å². The molecule has 2 N–H and O–H groups in total. The minimum absolute atomic E-state index is 0.207. The molecule has 0 aliphatic heterocycles. The number of benzene rings is 2. The third-order valence-corrected chi connectivity index (χ3v) is 3.37. The van der Waals surface area contributed by atoms with Crippen LogP contribution in [0.3, 0.4) is 0 Å². The lowest BCUT2D eigenvalue weighted by Crippen LogP contribution is -2.03. The number of rotatable bonds is 1. The number of halogens is 2. The molecule has 0 fully saturated rings. The van der Waals surface area contributed by atoms with Gasteiger partial charge in [-0.05, 0) is 43.2 Å². The molecular weight excluding hydrogens is 260 g/mol. The molecule has 0 bridgehead atoms. The van der Waals surface area contributed by atoms with Gasteiger partial charge in [0, 0.05) is 6.07 Å². The summed E-state index contributed by atoms with van der Waals surface area (Å²) in [7, 11) is 0. The molecule has 3 rings (SSSR count). The maximum absolute atomic E-state index is 13.6. The van der Waals surface area contributed by atoms with E-state index in [9.17, 15) is 8.78 Å². The molecule has 1 aromatic heterocycles. The first-order valence-electron chi connectivity index (χ1n) is 6.18. The lowest BCUT2D eigenvalue weighted by atomic mass is 10.1. The lowest BCUT2D eigenvalue weighted by molar-refractivity contribution is 0.620. The molecule has 0 aliphatic carbocycles. The van der Waals surface area contributed by atoms with E-state index in [1.165, 1.54) is 18.2 Å². The Morgan fingerprint density at radius 1 is 1.05 bits per heavy atom. The van der Waals surface area contributed by atoms with E-state index in [0.29, 0.717) is 22.3 Å². The summed E-state index contributed by atoms with van der Waals surface area (Å²) in [4.78, 5) is 4.14. The Hall–Kier alpha value is -2.43. The summed E-state index contributed by atoms with van der Waals surface area (Å²) in [5, 5.41) is 0. The van der Waals surface area contributed by atoms with Gasteiger partial charge in [0.2, 0.25) is 5.95 Å². The summed E-state index contributed by atoms with van der Waals surface area (Å²) in [6.07, 6.45) is 0. The van der Waals surface area contributed by atoms with Crippen molar-refractivity contribution in [1.82, 2.24) is 9.55 Å². The van der Waals surface area contributed by atoms with Crippen molar-refractivity contribution in [3.8, 4) is 5.69 Å². The summed E-state index contributed by atoms with van der Waals surface area (Å²) in [6.45, 7) is 3.52. The highest BCUT2D eigenvalue weighted by atomic mass is 19.1. The average molecular weight is 273 g/mol. The number of imidazole rings is 1. The number of nitrogens with two attached hydrogens (primary N) is 1. The summed E-state index contributed by atoms with van der Waals surface area (Å²) < 4.78 is 28.7. The molecule has 0 radical (unpaired) electrons. The lowest BCUT2D eigenvalue weighted by Gasteiger charge is -2.10. The van der Waals surface area contributed by atoms with Gasteiger partial charge in [0.1, 0.15) is 11.6 Å². The predicted molar refractivity (Wildman–Crippen MR) is 74.9 cm³/mol. The van der Waals surface area contributed by atoms with Crippen LogP contribution < -0.4 is 5.73 Å². The fourth-order valence-electron chi connectivity index (χ4n) is 2.30. The first-order chi connectivity index (χ1) is 9.47. The van der Waals surface area contributed by atoms with Crippen molar-refractivity contribution >= 4 is 17.0 Å². The number of nitrogen functional groups attached to an aromatic ring is 1. The molecule has 0 atom stereocenters. The minimum Gasteiger partial charge on any atom is -0.369 e. The number of hydrogen-bond donors (Lipinski definition) is 1. The highest BCUT2D eigenvalue weighted by Crippen LogP contribution is 2.27. The first kappa shape index (κ1) is 12.6. The van der Waals surface area contributed by atoms with Gasteiger partial charge in [0.05, 0.1) is 16.7 Å². The molecule has 3 nitrogen and oxygen atoms in total. The predicted octanol–water partition coefficient (Wildman–Crippen LogP) is 3.50. The molecule has 0 saturated heterocycles. The molecule has 5 heteroatoms. The Morgan fingerprint density at radius 2 is 1.80 bits per heavy atom. The quantitative estimate of drug-likeness (QED) is 0.737.